The number of hydrogen-bond donors (Lipinski definition) is 0. The van der Waals surface area contributed by atoms with Crippen LogP contribution in [-0.4, -0.2) is 9.97 Å². The first-order chi connectivity index (χ1) is 8.97. The number of fused-ring (bicyclic) bond motifs is 3. The smallest absolute Gasteiger partial charge is 0.134 e. The molecule has 0 unspecified atom stereocenters. The van der Waals surface area contributed by atoms with Crippen molar-refractivity contribution in [3.63, 3.8) is 0 Å². The minimum Gasteiger partial charge on any atom is -0.237 e. The Morgan fingerprint density at radius 3 is 2.32 bits per heavy atom. The predicted octanol–water partition coefficient (Wildman–Crippen LogP) is 4.39. The molecule has 2 heteroatoms. The molecule has 0 amide bonds. The van der Waals surface area contributed by atoms with Crippen LogP contribution in [0.25, 0.3) is 21.7 Å². The van der Waals surface area contributed by atoms with Crippen LogP contribution in [0.3, 0.4) is 0 Å². The van der Waals surface area contributed by atoms with Crippen LogP contribution in [0.1, 0.15) is 32.3 Å². The lowest BCUT2D eigenvalue weighted by Crippen LogP contribution is -2.16. The van der Waals surface area contributed by atoms with Gasteiger partial charge < -0.3 is 0 Å². The van der Waals surface area contributed by atoms with Gasteiger partial charge in [-0.1, -0.05) is 57.2 Å². The Morgan fingerprint density at radius 2 is 1.58 bits per heavy atom. The third-order valence-electron chi connectivity index (χ3n) is 3.45. The maximum atomic E-state index is 4.82. The molecule has 0 N–H and O–H groups in total. The quantitative estimate of drug-likeness (QED) is 0.553. The highest BCUT2D eigenvalue weighted by molar-refractivity contribution is 6.05. The summed E-state index contributed by atoms with van der Waals surface area (Å²) in [6.45, 7) is 8.52. The standard InChI is InChI=1S/C17H18N2/c1-11-13-10-9-12-7-5-6-8-14(12)15(13)19-16(18-11)17(2,3)4/h5-10H,1-4H3. The van der Waals surface area contributed by atoms with E-state index in [1.807, 2.05) is 0 Å². The molecule has 0 atom stereocenters. The molecule has 1 heterocycles. The summed E-state index contributed by atoms with van der Waals surface area (Å²) >= 11 is 0. The molecular weight excluding hydrogens is 232 g/mol. The highest BCUT2D eigenvalue weighted by Crippen LogP contribution is 2.28. The summed E-state index contributed by atoms with van der Waals surface area (Å²) < 4.78 is 0. The van der Waals surface area contributed by atoms with Crippen LogP contribution in [0.5, 0.6) is 0 Å². The highest BCUT2D eigenvalue weighted by atomic mass is 14.9. The summed E-state index contributed by atoms with van der Waals surface area (Å²) in [5.41, 5.74) is 2.09. The van der Waals surface area contributed by atoms with Crippen molar-refractivity contribution in [1.82, 2.24) is 9.97 Å². The normalized spacial score (nSPS) is 12.2. The Balaban J connectivity index is 2.47. The third-order valence-corrected chi connectivity index (χ3v) is 3.45. The van der Waals surface area contributed by atoms with Gasteiger partial charge in [-0.25, -0.2) is 9.97 Å². The molecule has 19 heavy (non-hydrogen) atoms. The number of benzene rings is 2. The second-order valence-electron chi connectivity index (χ2n) is 6.07. The Hall–Kier alpha value is -1.96. The Morgan fingerprint density at radius 1 is 0.842 bits per heavy atom. The van der Waals surface area contributed by atoms with Gasteiger partial charge in [-0.15, -0.1) is 0 Å². The van der Waals surface area contributed by atoms with E-state index < -0.39 is 0 Å². The number of aryl methyl sites for hydroxylation is 1. The number of aromatic nitrogens is 2. The molecule has 0 bridgehead atoms. The van der Waals surface area contributed by atoms with Gasteiger partial charge in [0.15, 0.2) is 0 Å². The monoisotopic (exact) mass is 250 g/mol. The largest absolute Gasteiger partial charge is 0.237 e. The van der Waals surface area contributed by atoms with Crippen molar-refractivity contribution in [2.24, 2.45) is 0 Å². The molecular formula is C17H18N2. The third kappa shape index (κ3) is 1.97. The molecule has 3 aromatic rings. The van der Waals surface area contributed by atoms with Crippen molar-refractivity contribution < 1.29 is 0 Å². The van der Waals surface area contributed by atoms with E-state index in [2.05, 4.69) is 69.1 Å². The van der Waals surface area contributed by atoms with Gasteiger partial charge in [0.1, 0.15) is 5.82 Å². The molecule has 0 aliphatic rings. The van der Waals surface area contributed by atoms with E-state index in [9.17, 15) is 0 Å². The minimum atomic E-state index is -0.0319. The molecule has 0 saturated heterocycles. The van der Waals surface area contributed by atoms with Crippen molar-refractivity contribution in [1.29, 1.82) is 0 Å². The number of hydrogen-bond acceptors (Lipinski definition) is 2. The maximum absolute atomic E-state index is 4.82. The van der Waals surface area contributed by atoms with Crippen molar-refractivity contribution in [3.05, 3.63) is 47.9 Å². The summed E-state index contributed by atoms with van der Waals surface area (Å²) in [6.07, 6.45) is 0. The van der Waals surface area contributed by atoms with Gasteiger partial charge in [0.2, 0.25) is 0 Å². The van der Waals surface area contributed by atoms with E-state index in [0.717, 1.165) is 22.4 Å². The summed E-state index contributed by atoms with van der Waals surface area (Å²) in [6, 6.07) is 12.7. The van der Waals surface area contributed by atoms with E-state index in [4.69, 9.17) is 4.98 Å². The van der Waals surface area contributed by atoms with E-state index in [1.165, 1.54) is 10.8 Å². The molecule has 2 nitrogen and oxygen atoms in total. The van der Waals surface area contributed by atoms with Gasteiger partial charge in [0.25, 0.3) is 0 Å². The summed E-state index contributed by atoms with van der Waals surface area (Å²) in [5.74, 6) is 0.911. The van der Waals surface area contributed by atoms with Crippen LogP contribution in [0, 0.1) is 6.92 Å². The van der Waals surface area contributed by atoms with Gasteiger partial charge in [-0.2, -0.15) is 0 Å². The summed E-state index contributed by atoms with van der Waals surface area (Å²) in [4.78, 5) is 9.49. The van der Waals surface area contributed by atoms with E-state index in [1.54, 1.807) is 0 Å². The van der Waals surface area contributed by atoms with Gasteiger partial charge in [0.05, 0.1) is 5.52 Å². The lowest BCUT2D eigenvalue weighted by molar-refractivity contribution is 0.546. The SMILES string of the molecule is Cc1nc(C(C)(C)C)nc2c1ccc1ccccc12. The fourth-order valence-corrected chi connectivity index (χ4v) is 2.35. The summed E-state index contributed by atoms with van der Waals surface area (Å²) in [5, 5.41) is 3.58. The van der Waals surface area contributed by atoms with Gasteiger partial charge >= 0.3 is 0 Å². The van der Waals surface area contributed by atoms with Crippen LogP contribution in [0.15, 0.2) is 36.4 Å². The fourth-order valence-electron chi connectivity index (χ4n) is 2.35. The zero-order valence-electron chi connectivity index (χ0n) is 11.9. The molecule has 96 valence electrons. The van der Waals surface area contributed by atoms with Gasteiger partial charge in [-0.3, -0.25) is 0 Å². The Labute approximate surface area is 113 Å². The van der Waals surface area contributed by atoms with Crippen LogP contribution in [0.2, 0.25) is 0 Å². The lowest BCUT2D eigenvalue weighted by atomic mass is 9.95. The highest BCUT2D eigenvalue weighted by Gasteiger charge is 2.19. The Kier molecular flexibility index (Phi) is 2.56. The molecule has 0 aliphatic heterocycles. The molecule has 0 spiro atoms. The number of rotatable bonds is 0. The van der Waals surface area contributed by atoms with E-state index >= 15 is 0 Å². The average molecular weight is 250 g/mol. The zero-order chi connectivity index (χ0) is 13.6. The lowest BCUT2D eigenvalue weighted by Gasteiger charge is -2.18. The maximum Gasteiger partial charge on any atom is 0.134 e. The van der Waals surface area contributed by atoms with Crippen LogP contribution < -0.4 is 0 Å². The van der Waals surface area contributed by atoms with Crippen molar-refractivity contribution in [2.75, 3.05) is 0 Å². The van der Waals surface area contributed by atoms with E-state index in [0.29, 0.717) is 0 Å². The average Bonchev–Trinajstić information content (AvgIpc) is 2.37. The zero-order valence-corrected chi connectivity index (χ0v) is 11.9. The summed E-state index contributed by atoms with van der Waals surface area (Å²) in [7, 11) is 0. The molecule has 2 aromatic carbocycles. The van der Waals surface area contributed by atoms with Gasteiger partial charge in [-0.05, 0) is 12.3 Å². The van der Waals surface area contributed by atoms with Crippen LogP contribution in [-0.2, 0) is 5.41 Å². The molecule has 0 radical (unpaired) electrons. The van der Waals surface area contributed by atoms with Crippen LogP contribution >= 0.6 is 0 Å². The molecule has 3 rings (SSSR count). The molecule has 1 aromatic heterocycles. The topological polar surface area (TPSA) is 25.8 Å². The second-order valence-corrected chi connectivity index (χ2v) is 6.07. The minimum absolute atomic E-state index is 0.0319. The first kappa shape index (κ1) is 12.1. The van der Waals surface area contributed by atoms with E-state index in [-0.39, 0.29) is 5.41 Å². The number of nitrogens with zero attached hydrogens (tertiary/aromatic N) is 2. The van der Waals surface area contributed by atoms with Crippen molar-refractivity contribution in [3.8, 4) is 0 Å². The molecule has 0 aliphatic carbocycles. The van der Waals surface area contributed by atoms with Gasteiger partial charge in [0, 0.05) is 21.9 Å². The first-order valence-corrected chi connectivity index (χ1v) is 6.63. The predicted molar refractivity (Wildman–Crippen MR) is 80.5 cm³/mol. The van der Waals surface area contributed by atoms with Crippen LogP contribution in [0.4, 0.5) is 0 Å². The van der Waals surface area contributed by atoms with Crippen molar-refractivity contribution in [2.45, 2.75) is 33.1 Å². The second kappa shape index (κ2) is 4.02. The molecule has 0 fully saturated rings. The first-order valence-electron chi connectivity index (χ1n) is 6.63. The fraction of sp³-hybridized carbons (Fsp3) is 0.294. The van der Waals surface area contributed by atoms with Crippen molar-refractivity contribution >= 4 is 21.7 Å². The molecule has 0 saturated carbocycles. The Bertz CT molecular complexity index is 767.